The molecule has 6 nitrogen and oxygen atoms in total. The molecule has 1 aromatic carbocycles. The van der Waals surface area contributed by atoms with Crippen molar-refractivity contribution >= 4 is 29.2 Å². The van der Waals surface area contributed by atoms with Gasteiger partial charge in [-0.2, -0.15) is 0 Å². The maximum atomic E-state index is 11.7. The number of carbonyl (C=O) groups excluding carboxylic acids is 2. The van der Waals surface area contributed by atoms with Crippen LogP contribution in [0.2, 0.25) is 5.02 Å². The van der Waals surface area contributed by atoms with E-state index in [2.05, 4.69) is 10.3 Å². The summed E-state index contributed by atoms with van der Waals surface area (Å²) in [7, 11) is 0. The highest BCUT2D eigenvalue weighted by Crippen LogP contribution is 2.23. The second-order valence-corrected chi connectivity index (χ2v) is 3.87. The molecule has 2 amide bonds. The fourth-order valence-electron chi connectivity index (χ4n) is 1.33. The van der Waals surface area contributed by atoms with Crippen LogP contribution in [0.1, 0.15) is 10.4 Å². The Hall–Kier alpha value is -2.34. The lowest BCUT2D eigenvalue weighted by molar-refractivity contribution is 0.100. The first-order valence-electron chi connectivity index (χ1n) is 4.96. The van der Waals surface area contributed by atoms with Gasteiger partial charge in [0, 0.05) is 18.0 Å². The Morgan fingerprint density at radius 3 is 2.78 bits per heavy atom. The van der Waals surface area contributed by atoms with Gasteiger partial charge in [-0.05, 0) is 18.2 Å². The summed E-state index contributed by atoms with van der Waals surface area (Å²) in [5, 5.41) is 2.87. The van der Waals surface area contributed by atoms with Gasteiger partial charge in [0.25, 0.3) is 0 Å². The molecule has 0 saturated heterocycles. The summed E-state index contributed by atoms with van der Waals surface area (Å²) in [6, 6.07) is 3.96. The van der Waals surface area contributed by atoms with E-state index >= 15 is 0 Å². The van der Waals surface area contributed by atoms with Crippen LogP contribution in [0.3, 0.4) is 0 Å². The summed E-state index contributed by atoms with van der Waals surface area (Å²) >= 11 is 5.91. The molecule has 0 unspecified atom stereocenters. The topological polar surface area (TPSA) is 90.0 Å². The molecule has 2 rings (SSSR count). The lowest BCUT2D eigenvalue weighted by Crippen LogP contribution is -2.19. The zero-order valence-electron chi connectivity index (χ0n) is 9.13. The number of carbonyl (C=O) groups is 2. The molecule has 1 aromatic heterocycles. The number of hydrogen-bond donors (Lipinski definition) is 2. The van der Waals surface area contributed by atoms with E-state index in [1.54, 1.807) is 0 Å². The fourth-order valence-corrected chi connectivity index (χ4v) is 1.50. The third kappa shape index (κ3) is 2.49. The number of hydrogen-bond acceptors (Lipinski definition) is 3. The second kappa shape index (κ2) is 4.89. The first-order chi connectivity index (χ1) is 8.58. The van der Waals surface area contributed by atoms with E-state index < -0.39 is 11.9 Å². The third-order valence-corrected chi connectivity index (χ3v) is 2.56. The number of anilines is 1. The molecule has 0 saturated carbocycles. The van der Waals surface area contributed by atoms with E-state index in [0.29, 0.717) is 10.7 Å². The average molecular weight is 265 g/mol. The molecule has 0 fully saturated rings. The maximum Gasteiger partial charge on any atom is 0.331 e. The number of benzene rings is 1. The van der Waals surface area contributed by atoms with Gasteiger partial charge in [0.1, 0.15) is 6.33 Å². The lowest BCUT2D eigenvalue weighted by Gasteiger charge is -2.08. The number of rotatable bonds is 2. The smallest absolute Gasteiger partial charge is 0.331 e. The number of nitrogens with zero attached hydrogens (tertiary/aromatic N) is 2. The highest BCUT2D eigenvalue weighted by atomic mass is 35.5. The molecule has 0 aliphatic heterocycles. The van der Waals surface area contributed by atoms with E-state index in [1.165, 1.54) is 41.5 Å². The van der Waals surface area contributed by atoms with Crippen molar-refractivity contribution in [3.05, 3.63) is 47.5 Å². The van der Waals surface area contributed by atoms with Crippen molar-refractivity contribution in [1.29, 1.82) is 0 Å². The van der Waals surface area contributed by atoms with Gasteiger partial charge in [0.05, 0.1) is 10.7 Å². The summed E-state index contributed by atoms with van der Waals surface area (Å²) < 4.78 is 1.24. The molecule has 0 spiro atoms. The minimum absolute atomic E-state index is 0.264. The number of imidazole rings is 1. The van der Waals surface area contributed by atoms with E-state index in [-0.39, 0.29) is 5.56 Å². The summed E-state index contributed by atoms with van der Waals surface area (Å²) in [6.07, 6.45) is 4.31. The normalized spacial score (nSPS) is 10.1. The molecule has 18 heavy (non-hydrogen) atoms. The van der Waals surface area contributed by atoms with E-state index in [1.807, 2.05) is 0 Å². The summed E-state index contributed by atoms with van der Waals surface area (Å²) in [5.74, 6) is -0.593. The average Bonchev–Trinajstić information content (AvgIpc) is 2.85. The van der Waals surface area contributed by atoms with Crippen LogP contribution >= 0.6 is 11.6 Å². The quantitative estimate of drug-likeness (QED) is 0.865. The largest absolute Gasteiger partial charge is 0.366 e. The monoisotopic (exact) mass is 264 g/mol. The van der Waals surface area contributed by atoms with Gasteiger partial charge in [-0.25, -0.2) is 9.78 Å². The number of nitrogens with one attached hydrogen (secondary N) is 1. The Kier molecular flexibility index (Phi) is 3.29. The van der Waals surface area contributed by atoms with Crippen LogP contribution in [0, 0.1) is 0 Å². The van der Waals surface area contributed by atoms with Crippen molar-refractivity contribution in [1.82, 2.24) is 9.55 Å². The zero-order chi connectivity index (χ0) is 13.1. The van der Waals surface area contributed by atoms with Crippen molar-refractivity contribution in [3.63, 3.8) is 0 Å². The van der Waals surface area contributed by atoms with Crippen LogP contribution in [0.25, 0.3) is 0 Å². The molecular formula is C11H9ClN4O2. The number of nitrogens with two attached hydrogens (primary N) is 1. The second-order valence-electron chi connectivity index (χ2n) is 3.46. The van der Waals surface area contributed by atoms with Gasteiger partial charge in [0.2, 0.25) is 5.91 Å². The Bertz CT molecular complexity index is 595. The first-order valence-corrected chi connectivity index (χ1v) is 5.34. The molecule has 0 aliphatic rings. The number of primary amides is 1. The summed E-state index contributed by atoms with van der Waals surface area (Å²) in [5.41, 5.74) is 5.72. The van der Waals surface area contributed by atoms with Gasteiger partial charge in [-0.1, -0.05) is 11.6 Å². The SMILES string of the molecule is NC(=O)c1ccc(Cl)c(NC(=O)n2ccnc2)c1. The van der Waals surface area contributed by atoms with Gasteiger partial charge in [0.15, 0.2) is 0 Å². The molecule has 0 radical (unpaired) electrons. The summed E-state index contributed by atoms with van der Waals surface area (Å²) in [4.78, 5) is 26.5. The third-order valence-electron chi connectivity index (χ3n) is 2.23. The fraction of sp³-hybridized carbons (Fsp3) is 0. The van der Waals surface area contributed by atoms with Crippen LogP contribution in [-0.4, -0.2) is 21.5 Å². The van der Waals surface area contributed by atoms with E-state index in [9.17, 15) is 9.59 Å². The van der Waals surface area contributed by atoms with Crippen molar-refractivity contribution < 1.29 is 9.59 Å². The van der Waals surface area contributed by atoms with Crippen LogP contribution in [0.15, 0.2) is 36.9 Å². The zero-order valence-corrected chi connectivity index (χ0v) is 9.89. The predicted octanol–water partition coefficient (Wildman–Crippen LogP) is 1.72. The molecule has 0 bridgehead atoms. The molecule has 92 valence electrons. The van der Waals surface area contributed by atoms with Crippen molar-refractivity contribution in [2.24, 2.45) is 5.73 Å². The van der Waals surface area contributed by atoms with Gasteiger partial charge in [-0.3, -0.25) is 9.36 Å². The number of halogens is 1. The maximum absolute atomic E-state index is 11.7. The Morgan fingerprint density at radius 1 is 1.39 bits per heavy atom. The Morgan fingerprint density at radius 2 is 2.17 bits per heavy atom. The van der Waals surface area contributed by atoms with E-state index in [0.717, 1.165) is 0 Å². The minimum atomic E-state index is -0.593. The standard InChI is InChI=1S/C11H9ClN4O2/c12-8-2-1-7(10(13)17)5-9(8)15-11(18)16-4-3-14-6-16/h1-6H,(H2,13,17)(H,15,18). The highest BCUT2D eigenvalue weighted by Gasteiger charge is 2.10. The Balaban J connectivity index is 2.26. The van der Waals surface area contributed by atoms with Crippen LogP contribution in [0.5, 0.6) is 0 Å². The molecule has 0 atom stereocenters. The summed E-state index contributed by atoms with van der Waals surface area (Å²) in [6.45, 7) is 0. The molecule has 3 N–H and O–H groups in total. The molecule has 1 heterocycles. The van der Waals surface area contributed by atoms with Crippen molar-refractivity contribution in [2.75, 3.05) is 5.32 Å². The van der Waals surface area contributed by atoms with Gasteiger partial charge >= 0.3 is 6.03 Å². The van der Waals surface area contributed by atoms with Crippen LogP contribution in [0.4, 0.5) is 10.5 Å². The van der Waals surface area contributed by atoms with E-state index in [4.69, 9.17) is 17.3 Å². The first kappa shape index (κ1) is 12.1. The minimum Gasteiger partial charge on any atom is -0.366 e. The predicted molar refractivity (Wildman–Crippen MR) is 66.6 cm³/mol. The van der Waals surface area contributed by atoms with Gasteiger partial charge in [-0.15, -0.1) is 0 Å². The lowest BCUT2D eigenvalue weighted by atomic mass is 10.2. The molecular weight excluding hydrogens is 256 g/mol. The molecule has 0 aliphatic carbocycles. The highest BCUT2D eigenvalue weighted by molar-refractivity contribution is 6.33. The van der Waals surface area contributed by atoms with Crippen molar-refractivity contribution in [3.8, 4) is 0 Å². The Labute approximate surface area is 107 Å². The number of aromatic nitrogens is 2. The van der Waals surface area contributed by atoms with Crippen LogP contribution in [-0.2, 0) is 0 Å². The molecule has 2 aromatic rings. The van der Waals surface area contributed by atoms with Crippen LogP contribution < -0.4 is 11.1 Å². The van der Waals surface area contributed by atoms with Crippen molar-refractivity contribution in [2.45, 2.75) is 0 Å². The number of amides is 2. The van der Waals surface area contributed by atoms with Gasteiger partial charge < -0.3 is 11.1 Å². The molecule has 7 heteroatoms.